The monoisotopic (exact) mass is 407 g/mol. The lowest BCUT2D eigenvalue weighted by atomic mass is 10.2. The number of nitrogens with zero attached hydrogens (tertiary/aromatic N) is 4. The molecule has 150 valence electrons. The van der Waals surface area contributed by atoms with Crippen LogP contribution in [-0.4, -0.2) is 65.3 Å². The number of aryl methyl sites for hydroxylation is 1. The van der Waals surface area contributed by atoms with Gasteiger partial charge in [-0.05, 0) is 18.9 Å². The smallest absolute Gasteiger partial charge is 0.276 e. The average Bonchev–Trinajstić information content (AvgIpc) is 3.25. The van der Waals surface area contributed by atoms with Crippen molar-refractivity contribution < 1.29 is 22.5 Å². The predicted molar refractivity (Wildman–Crippen MR) is 97.1 cm³/mol. The molecule has 2 amide bonds. The van der Waals surface area contributed by atoms with Crippen molar-refractivity contribution in [1.29, 1.82) is 0 Å². The maximum atomic E-state index is 12.8. The summed E-state index contributed by atoms with van der Waals surface area (Å²) in [6.45, 7) is 0.808. The molecule has 2 aromatic rings. The fourth-order valence-corrected chi connectivity index (χ4v) is 4.81. The standard InChI is InChI=1S/C17H21N5O5S/c1-20-10-12(8-14(20)16(18)23)28(25,26)22-6-4-21(5-7-22)17(24)13-9-15(27-19-13)11-2-3-11/h8-11H,2-7H2,1H3,(H2,18,23). The van der Waals surface area contributed by atoms with Crippen LogP contribution in [0.15, 0.2) is 27.7 Å². The van der Waals surface area contributed by atoms with Crippen molar-refractivity contribution >= 4 is 21.8 Å². The molecule has 0 spiro atoms. The van der Waals surface area contributed by atoms with Crippen molar-refractivity contribution in [2.75, 3.05) is 26.2 Å². The first-order chi connectivity index (χ1) is 13.3. The van der Waals surface area contributed by atoms with Gasteiger partial charge in [0.2, 0.25) is 10.0 Å². The van der Waals surface area contributed by atoms with E-state index in [2.05, 4.69) is 5.16 Å². The number of sulfonamides is 1. The largest absolute Gasteiger partial charge is 0.364 e. The van der Waals surface area contributed by atoms with Crippen molar-refractivity contribution in [2.24, 2.45) is 12.8 Å². The molecule has 0 atom stereocenters. The molecule has 0 unspecified atom stereocenters. The molecule has 0 radical (unpaired) electrons. The van der Waals surface area contributed by atoms with Crippen molar-refractivity contribution in [3.63, 3.8) is 0 Å². The zero-order valence-corrected chi connectivity index (χ0v) is 16.2. The third-order valence-electron chi connectivity index (χ3n) is 5.12. The lowest BCUT2D eigenvalue weighted by Crippen LogP contribution is -2.50. The number of amides is 2. The molecule has 10 nitrogen and oxygen atoms in total. The van der Waals surface area contributed by atoms with Gasteiger partial charge in [-0.15, -0.1) is 0 Å². The number of aromatic nitrogens is 2. The maximum Gasteiger partial charge on any atom is 0.276 e. The van der Waals surface area contributed by atoms with E-state index in [0.29, 0.717) is 5.92 Å². The summed E-state index contributed by atoms with van der Waals surface area (Å²) in [5.41, 5.74) is 5.63. The molecular formula is C17H21N5O5S. The van der Waals surface area contributed by atoms with Gasteiger partial charge < -0.3 is 19.7 Å². The maximum absolute atomic E-state index is 12.8. The van der Waals surface area contributed by atoms with E-state index in [-0.39, 0.29) is 48.4 Å². The number of carbonyl (C=O) groups is 2. The third-order valence-corrected chi connectivity index (χ3v) is 6.99. The van der Waals surface area contributed by atoms with Gasteiger partial charge in [-0.25, -0.2) is 8.42 Å². The number of hydrogen-bond donors (Lipinski definition) is 1. The molecular weight excluding hydrogens is 386 g/mol. The molecule has 1 saturated carbocycles. The summed E-state index contributed by atoms with van der Waals surface area (Å²) in [5, 5.41) is 3.85. The van der Waals surface area contributed by atoms with Gasteiger partial charge in [-0.1, -0.05) is 5.16 Å². The Labute approximate surface area is 161 Å². The van der Waals surface area contributed by atoms with Gasteiger partial charge in [0.05, 0.1) is 0 Å². The first kappa shape index (κ1) is 18.7. The quantitative estimate of drug-likeness (QED) is 0.750. The van der Waals surface area contributed by atoms with E-state index < -0.39 is 15.9 Å². The van der Waals surface area contributed by atoms with Crippen LogP contribution in [0, 0.1) is 0 Å². The second-order valence-electron chi connectivity index (χ2n) is 7.12. The van der Waals surface area contributed by atoms with Crippen LogP contribution >= 0.6 is 0 Å². The summed E-state index contributed by atoms with van der Waals surface area (Å²) in [5.74, 6) is 0.145. The van der Waals surface area contributed by atoms with Crippen LogP contribution in [0.4, 0.5) is 0 Å². The highest BCUT2D eigenvalue weighted by Crippen LogP contribution is 2.40. The molecule has 3 heterocycles. The van der Waals surface area contributed by atoms with Crippen molar-refractivity contribution in [3.8, 4) is 0 Å². The molecule has 2 N–H and O–H groups in total. The summed E-state index contributed by atoms with van der Waals surface area (Å²) in [6.07, 6.45) is 3.47. The summed E-state index contributed by atoms with van der Waals surface area (Å²) in [7, 11) is -2.22. The van der Waals surface area contributed by atoms with E-state index in [0.717, 1.165) is 18.6 Å². The Morgan fingerprint density at radius 1 is 1.18 bits per heavy atom. The van der Waals surface area contributed by atoms with E-state index in [4.69, 9.17) is 10.3 Å². The van der Waals surface area contributed by atoms with Gasteiger partial charge >= 0.3 is 0 Å². The fraction of sp³-hybridized carbons (Fsp3) is 0.471. The Balaban J connectivity index is 1.43. The van der Waals surface area contributed by atoms with Gasteiger partial charge in [0.15, 0.2) is 5.69 Å². The highest BCUT2D eigenvalue weighted by atomic mass is 32.2. The Morgan fingerprint density at radius 3 is 2.43 bits per heavy atom. The highest BCUT2D eigenvalue weighted by molar-refractivity contribution is 7.89. The molecule has 2 aromatic heterocycles. The summed E-state index contributed by atoms with van der Waals surface area (Å²) >= 11 is 0. The first-order valence-corrected chi connectivity index (χ1v) is 10.4. The molecule has 0 aromatic carbocycles. The van der Waals surface area contributed by atoms with Crippen LogP contribution in [0.3, 0.4) is 0 Å². The predicted octanol–water partition coefficient (Wildman–Crippen LogP) is 0.136. The molecule has 11 heteroatoms. The van der Waals surface area contributed by atoms with Crippen LogP contribution < -0.4 is 5.73 Å². The molecule has 4 rings (SSSR count). The van der Waals surface area contributed by atoms with Gasteiger partial charge in [0.1, 0.15) is 16.3 Å². The minimum absolute atomic E-state index is 0.00847. The lowest BCUT2D eigenvalue weighted by molar-refractivity contribution is 0.0687. The topological polar surface area (TPSA) is 132 Å². The Hall–Kier alpha value is -2.66. The molecule has 28 heavy (non-hydrogen) atoms. The van der Waals surface area contributed by atoms with Crippen LogP contribution in [0.1, 0.15) is 45.5 Å². The van der Waals surface area contributed by atoms with Crippen molar-refractivity contribution in [1.82, 2.24) is 18.9 Å². The van der Waals surface area contributed by atoms with Crippen LogP contribution in [-0.2, 0) is 17.1 Å². The number of hydrogen-bond acceptors (Lipinski definition) is 6. The molecule has 1 aliphatic heterocycles. The lowest BCUT2D eigenvalue weighted by Gasteiger charge is -2.33. The van der Waals surface area contributed by atoms with E-state index in [1.807, 2.05) is 0 Å². The van der Waals surface area contributed by atoms with E-state index in [1.165, 1.54) is 21.1 Å². The molecule has 2 aliphatic rings. The van der Waals surface area contributed by atoms with Crippen molar-refractivity contribution in [2.45, 2.75) is 23.7 Å². The van der Waals surface area contributed by atoms with Gasteiger partial charge in [0.25, 0.3) is 11.8 Å². The average molecular weight is 407 g/mol. The Kier molecular flexibility index (Phi) is 4.50. The number of rotatable bonds is 5. The highest BCUT2D eigenvalue weighted by Gasteiger charge is 2.34. The third kappa shape index (κ3) is 3.31. The van der Waals surface area contributed by atoms with Gasteiger partial charge in [-0.2, -0.15) is 4.31 Å². The van der Waals surface area contributed by atoms with Gasteiger partial charge in [0, 0.05) is 51.4 Å². The van der Waals surface area contributed by atoms with E-state index in [9.17, 15) is 18.0 Å². The van der Waals surface area contributed by atoms with E-state index >= 15 is 0 Å². The number of carbonyl (C=O) groups excluding carboxylic acids is 2. The minimum atomic E-state index is -3.78. The zero-order valence-electron chi connectivity index (χ0n) is 15.4. The summed E-state index contributed by atoms with van der Waals surface area (Å²) < 4.78 is 33.6. The summed E-state index contributed by atoms with van der Waals surface area (Å²) in [6, 6.07) is 2.95. The fourth-order valence-electron chi connectivity index (χ4n) is 3.31. The summed E-state index contributed by atoms with van der Waals surface area (Å²) in [4.78, 5) is 25.5. The second-order valence-corrected chi connectivity index (χ2v) is 9.06. The van der Waals surface area contributed by atoms with Crippen LogP contribution in [0.5, 0.6) is 0 Å². The number of nitrogens with two attached hydrogens (primary N) is 1. The SMILES string of the molecule is Cn1cc(S(=O)(=O)N2CCN(C(=O)c3cc(C4CC4)on3)CC2)cc1C(N)=O. The second kappa shape index (κ2) is 6.74. The number of piperazine rings is 1. The van der Waals surface area contributed by atoms with Crippen LogP contribution in [0.2, 0.25) is 0 Å². The zero-order chi connectivity index (χ0) is 20.1. The molecule has 1 aliphatic carbocycles. The van der Waals surface area contributed by atoms with Crippen molar-refractivity contribution in [3.05, 3.63) is 35.5 Å². The minimum Gasteiger partial charge on any atom is -0.364 e. The molecule has 0 bridgehead atoms. The normalized spacial score (nSPS) is 18.4. The molecule has 1 saturated heterocycles. The van der Waals surface area contributed by atoms with E-state index in [1.54, 1.807) is 18.0 Å². The first-order valence-electron chi connectivity index (χ1n) is 8.99. The Bertz CT molecular complexity index is 1030. The Morgan fingerprint density at radius 2 is 1.86 bits per heavy atom. The number of primary amides is 1. The molecule has 2 fully saturated rings. The van der Waals surface area contributed by atoms with Crippen LogP contribution in [0.25, 0.3) is 0 Å². The van der Waals surface area contributed by atoms with Gasteiger partial charge in [-0.3, -0.25) is 9.59 Å².